The van der Waals surface area contributed by atoms with Gasteiger partial charge in [0, 0.05) is 43.9 Å². The van der Waals surface area contributed by atoms with Crippen LogP contribution in [0.4, 0.5) is 0 Å². The van der Waals surface area contributed by atoms with Gasteiger partial charge in [-0.1, -0.05) is 133 Å². The lowest BCUT2D eigenvalue weighted by molar-refractivity contribution is 0.673. The lowest BCUT2D eigenvalue weighted by atomic mass is 9.99. The summed E-state index contributed by atoms with van der Waals surface area (Å²) in [5.74, 6) is 1.90. The maximum Gasteiger partial charge on any atom is 0.164 e. The molecule has 3 heterocycles. The van der Waals surface area contributed by atoms with E-state index in [0.717, 1.165) is 66.1 Å². The van der Waals surface area contributed by atoms with E-state index in [1.54, 1.807) is 0 Å². The van der Waals surface area contributed by atoms with Crippen molar-refractivity contribution < 1.29 is 4.42 Å². The summed E-state index contributed by atoms with van der Waals surface area (Å²) in [6, 6.07) is 54.3. The number of para-hydroxylation sites is 2. The van der Waals surface area contributed by atoms with Gasteiger partial charge in [-0.3, -0.25) is 0 Å². The average molecular weight is 615 g/mol. The van der Waals surface area contributed by atoms with E-state index < -0.39 is 0 Å². The van der Waals surface area contributed by atoms with Crippen molar-refractivity contribution in [2.24, 2.45) is 0 Å². The van der Waals surface area contributed by atoms with Gasteiger partial charge in [0.05, 0.1) is 16.4 Å². The van der Waals surface area contributed by atoms with Gasteiger partial charge >= 0.3 is 0 Å². The van der Waals surface area contributed by atoms with E-state index in [9.17, 15) is 0 Å². The number of hydrogen-bond acceptors (Lipinski definition) is 4. The molecule has 0 saturated carbocycles. The zero-order chi connectivity index (χ0) is 31.6. The summed E-state index contributed by atoms with van der Waals surface area (Å²) in [6.45, 7) is 0. The van der Waals surface area contributed by atoms with E-state index >= 15 is 0 Å². The highest BCUT2D eigenvalue weighted by Crippen LogP contribution is 2.45. The zero-order valence-corrected chi connectivity index (χ0v) is 25.7. The highest BCUT2D eigenvalue weighted by molar-refractivity contribution is 6.35. The third-order valence-corrected chi connectivity index (χ3v) is 9.21. The second-order valence-electron chi connectivity index (χ2n) is 12.0. The van der Waals surface area contributed by atoms with Crippen molar-refractivity contribution in [2.75, 3.05) is 0 Å². The van der Waals surface area contributed by atoms with Gasteiger partial charge in [-0.2, -0.15) is 0 Å². The van der Waals surface area contributed by atoms with E-state index in [1.165, 1.54) is 10.8 Å². The Bertz CT molecular complexity index is 2780. The highest BCUT2D eigenvalue weighted by atomic mass is 16.3. The van der Waals surface area contributed by atoms with Crippen molar-refractivity contribution in [2.45, 2.75) is 0 Å². The molecule has 7 aromatic carbocycles. The second kappa shape index (κ2) is 10.5. The standard InChI is InChI=1S/C43H26N4O/c1-3-14-27(15-4-1)41-44-42(28-16-5-2-6-17-28)46-43(45-41)29-18-13-19-30(26-29)47-35-24-11-9-22-33(35)38-39(47)32-21-8-7-20-31(32)37-34-23-10-12-25-36(34)48-40(37)38/h1-26H. The largest absolute Gasteiger partial charge is 0.455 e. The summed E-state index contributed by atoms with van der Waals surface area (Å²) in [6.07, 6.45) is 0. The molecule has 5 heteroatoms. The second-order valence-corrected chi connectivity index (χ2v) is 12.0. The Labute approximate surface area is 275 Å². The summed E-state index contributed by atoms with van der Waals surface area (Å²) >= 11 is 0. The molecule has 0 aliphatic heterocycles. The molecule has 48 heavy (non-hydrogen) atoms. The number of furan rings is 1. The van der Waals surface area contributed by atoms with Gasteiger partial charge in [0.1, 0.15) is 11.2 Å². The van der Waals surface area contributed by atoms with Crippen LogP contribution in [0, 0.1) is 0 Å². The number of aromatic nitrogens is 4. The molecule has 0 radical (unpaired) electrons. The summed E-state index contributed by atoms with van der Waals surface area (Å²) in [5, 5.41) is 6.87. The molecule has 5 nitrogen and oxygen atoms in total. The molecule has 0 aliphatic rings. The minimum Gasteiger partial charge on any atom is -0.455 e. The Kier molecular flexibility index (Phi) is 5.81. The Morgan fingerprint density at radius 1 is 0.417 bits per heavy atom. The van der Waals surface area contributed by atoms with Crippen LogP contribution < -0.4 is 0 Å². The quantitative estimate of drug-likeness (QED) is 0.198. The van der Waals surface area contributed by atoms with Gasteiger partial charge < -0.3 is 8.98 Å². The van der Waals surface area contributed by atoms with Crippen LogP contribution in [0.3, 0.4) is 0 Å². The minimum atomic E-state index is 0.620. The van der Waals surface area contributed by atoms with Gasteiger partial charge in [0.25, 0.3) is 0 Å². The predicted molar refractivity (Wildman–Crippen MR) is 195 cm³/mol. The van der Waals surface area contributed by atoms with Crippen molar-refractivity contribution in [3.8, 4) is 39.9 Å². The van der Waals surface area contributed by atoms with Gasteiger partial charge in [0.15, 0.2) is 17.5 Å². The molecule has 0 saturated heterocycles. The number of hydrogen-bond donors (Lipinski definition) is 0. The van der Waals surface area contributed by atoms with Crippen LogP contribution in [0.15, 0.2) is 162 Å². The smallest absolute Gasteiger partial charge is 0.164 e. The maximum atomic E-state index is 6.69. The van der Waals surface area contributed by atoms with Gasteiger partial charge in [-0.25, -0.2) is 15.0 Å². The molecular formula is C43H26N4O. The first-order valence-electron chi connectivity index (χ1n) is 16.0. The predicted octanol–water partition coefficient (Wildman–Crippen LogP) is 11.0. The lowest BCUT2D eigenvalue weighted by Crippen LogP contribution is -2.01. The van der Waals surface area contributed by atoms with Gasteiger partial charge in [-0.15, -0.1) is 0 Å². The average Bonchev–Trinajstić information content (AvgIpc) is 3.72. The van der Waals surface area contributed by atoms with Crippen molar-refractivity contribution in [1.82, 2.24) is 19.5 Å². The summed E-state index contributed by atoms with van der Waals surface area (Å²) < 4.78 is 9.06. The van der Waals surface area contributed by atoms with Crippen LogP contribution in [-0.4, -0.2) is 19.5 Å². The van der Waals surface area contributed by atoms with E-state index in [-0.39, 0.29) is 0 Å². The molecule has 10 aromatic rings. The van der Waals surface area contributed by atoms with Crippen LogP contribution in [-0.2, 0) is 0 Å². The monoisotopic (exact) mass is 614 g/mol. The molecule has 0 bridgehead atoms. The molecule has 0 N–H and O–H groups in total. The van der Waals surface area contributed by atoms with Crippen molar-refractivity contribution in [3.63, 3.8) is 0 Å². The molecule has 0 atom stereocenters. The van der Waals surface area contributed by atoms with Crippen molar-refractivity contribution >= 4 is 54.5 Å². The van der Waals surface area contributed by atoms with E-state index in [2.05, 4.69) is 95.6 Å². The first kappa shape index (κ1) is 26.6. The molecule has 0 fully saturated rings. The Balaban J connectivity index is 1.27. The Morgan fingerprint density at radius 2 is 0.958 bits per heavy atom. The first-order valence-corrected chi connectivity index (χ1v) is 16.0. The molecule has 0 spiro atoms. The van der Waals surface area contributed by atoms with Crippen molar-refractivity contribution in [1.29, 1.82) is 0 Å². The van der Waals surface area contributed by atoms with Gasteiger partial charge in [0.2, 0.25) is 0 Å². The SMILES string of the molecule is c1ccc(-c2nc(-c3ccccc3)nc(-c3cccc(-n4c5ccccc5c5c6oc7ccccc7c6c6ccccc6c54)c3)n2)cc1. The molecular weight excluding hydrogens is 589 g/mol. The molecule has 0 amide bonds. The van der Waals surface area contributed by atoms with Crippen molar-refractivity contribution in [3.05, 3.63) is 158 Å². The first-order chi connectivity index (χ1) is 23.8. The third kappa shape index (κ3) is 4.01. The fourth-order valence-electron chi connectivity index (χ4n) is 7.11. The summed E-state index contributed by atoms with van der Waals surface area (Å²) in [5.41, 5.74) is 7.83. The summed E-state index contributed by atoms with van der Waals surface area (Å²) in [4.78, 5) is 14.9. The Morgan fingerprint density at radius 3 is 1.67 bits per heavy atom. The zero-order valence-electron chi connectivity index (χ0n) is 25.7. The fraction of sp³-hybridized carbons (Fsp3) is 0. The third-order valence-electron chi connectivity index (χ3n) is 9.21. The van der Waals surface area contributed by atoms with Crippen LogP contribution in [0.5, 0.6) is 0 Å². The normalized spacial score (nSPS) is 11.8. The van der Waals surface area contributed by atoms with Crippen LogP contribution in [0.1, 0.15) is 0 Å². The molecule has 0 aliphatic carbocycles. The molecule has 10 rings (SSSR count). The molecule has 0 unspecified atom stereocenters. The number of rotatable bonds is 4. The number of benzene rings is 7. The fourth-order valence-corrected chi connectivity index (χ4v) is 7.11. The minimum absolute atomic E-state index is 0.620. The van der Waals surface area contributed by atoms with Crippen LogP contribution in [0.25, 0.3) is 94.4 Å². The van der Waals surface area contributed by atoms with Gasteiger partial charge in [-0.05, 0) is 29.7 Å². The number of fused-ring (bicyclic) bond motifs is 10. The van der Waals surface area contributed by atoms with Crippen LogP contribution in [0.2, 0.25) is 0 Å². The maximum absolute atomic E-state index is 6.69. The molecule has 3 aromatic heterocycles. The van der Waals surface area contributed by atoms with Crippen LogP contribution >= 0.6 is 0 Å². The lowest BCUT2D eigenvalue weighted by Gasteiger charge is -2.13. The van der Waals surface area contributed by atoms with E-state index in [0.29, 0.717) is 17.5 Å². The van der Waals surface area contributed by atoms with E-state index in [1.807, 2.05) is 66.7 Å². The number of nitrogens with zero attached hydrogens (tertiary/aromatic N) is 4. The molecule has 224 valence electrons. The Hall–Kier alpha value is -6.59. The van der Waals surface area contributed by atoms with E-state index in [4.69, 9.17) is 19.4 Å². The topological polar surface area (TPSA) is 56.7 Å². The summed E-state index contributed by atoms with van der Waals surface area (Å²) in [7, 11) is 0. The highest BCUT2D eigenvalue weighted by Gasteiger charge is 2.23.